The lowest BCUT2D eigenvalue weighted by atomic mass is 9.43. The Morgan fingerprint density at radius 2 is 0.943 bits per heavy atom. The average Bonchev–Trinajstić information content (AvgIpc) is 1.56. The van der Waals surface area contributed by atoms with Crippen molar-refractivity contribution >= 4 is 85.2 Å². The third-order valence-electron chi connectivity index (χ3n) is 19.9. The van der Waals surface area contributed by atoms with E-state index in [1.807, 2.05) is 0 Å². The van der Waals surface area contributed by atoms with Crippen LogP contribution in [0.15, 0.2) is 180 Å². The normalized spacial score (nSPS) is 15.6. The van der Waals surface area contributed by atoms with Crippen LogP contribution in [-0.4, -0.2) is 6.85 Å². The van der Waals surface area contributed by atoms with Crippen LogP contribution in [0.2, 0.25) is 0 Å². The molecule has 0 saturated heterocycles. The standard InChI is InChI=1S/C82H90BN3O/c1-76(2,3)52-31-34-57(35-32-52)86-74-61(37-38-62-64-49-66-67(50-72(64)87-75(62)74)82(18,19)42-41-81(66,16)17)65-46-56(80(13,14)15)47-71-73(65)83(86)68-48-60(84(58-29-23-27-53(43-58)77(4,5)6)59-30-24-28-54(44-59)78(7,8)9)36-40-70(68)85(71)69-39-33-55(79(10,11)12)45-63(69)51-25-21-20-22-26-51/h20-40,43-50H,41-42H2,1-19H3. The van der Waals surface area contributed by atoms with E-state index in [1.54, 1.807) is 0 Å². The molecule has 0 unspecified atom stereocenters. The molecule has 1 aromatic heterocycles. The first-order chi connectivity index (χ1) is 40.8. The van der Waals surface area contributed by atoms with Gasteiger partial charge in [-0.3, -0.25) is 0 Å². The zero-order valence-corrected chi connectivity index (χ0v) is 55.5. The van der Waals surface area contributed by atoms with Gasteiger partial charge in [0.1, 0.15) is 5.58 Å². The summed E-state index contributed by atoms with van der Waals surface area (Å²) in [6, 6.07) is 68.6. The maximum absolute atomic E-state index is 7.64. The van der Waals surface area contributed by atoms with E-state index in [-0.39, 0.29) is 44.8 Å². The van der Waals surface area contributed by atoms with Crippen LogP contribution >= 0.6 is 0 Å². The van der Waals surface area contributed by atoms with Crippen LogP contribution in [0, 0.1) is 0 Å². The summed E-state index contributed by atoms with van der Waals surface area (Å²) in [5.74, 6) is 0. The molecular formula is C82H90BN3O. The van der Waals surface area contributed by atoms with Crippen molar-refractivity contribution in [2.45, 2.75) is 182 Å². The molecule has 0 atom stereocenters. The van der Waals surface area contributed by atoms with Crippen molar-refractivity contribution in [3.05, 3.63) is 215 Å². The number of hydrogen-bond donors (Lipinski definition) is 0. The Morgan fingerprint density at radius 1 is 0.414 bits per heavy atom. The minimum atomic E-state index is -0.300. The van der Waals surface area contributed by atoms with E-state index in [0.29, 0.717) is 0 Å². The minimum absolute atomic E-state index is 0.0236. The van der Waals surface area contributed by atoms with Crippen LogP contribution in [0.1, 0.15) is 183 Å². The highest BCUT2D eigenvalue weighted by Crippen LogP contribution is 2.55. The molecule has 1 aliphatic carbocycles. The molecule has 10 aromatic rings. The van der Waals surface area contributed by atoms with Gasteiger partial charge in [-0.05, 0) is 203 Å². The number of fused-ring (bicyclic) bond motifs is 9. The summed E-state index contributed by atoms with van der Waals surface area (Å²) < 4.78 is 7.64. The van der Waals surface area contributed by atoms with Gasteiger partial charge in [0.05, 0.1) is 11.4 Å². The monoisotopic (exact) mass is 1140 g/mol. The number of nitrogens with zero attached hydrogens (tertiary/aromatic N) is 3. The first-order valence-corrected chi connectivity index (χ1v) is 32.1. The number of rotatable bonds is 6. The Balaban J connectivity index is 1.19. The molecular weight excluding hydrogens is 1050 g/mol. The summed E-state index contributed by atoms with van der Waals surface area (Å²) in [4.78, 5) is 7.85. The summed E-state index contributed by atoms with van der Waals surface area (Å²) in [5, 5.41) is 2.34. The van der Waals surface area contributed by atoms with Gasteiger partial charge in [0.2, 0.25) is 0 Å². The molecule has 87 heavy (non-hydrogen) atoms. The van der Waals surface area contributed by atoms with Crippen LogP contribution in [-0.2, 0) is 37.9 Å². The van der Waals surface area contributed by atoms with Gasteiger partial charge in [-0.15, -0.1) is 0 Å². The van der Waals surface area contributed by atoms with Gasteiger partial charge in [-0.2, -0.15) is 0 Å². The topological polar surface area (TPSA) is 22.9 Å². The molecule has 4 nitrogen and oxygen atoms in total. The van der Waals surface area contributed by atoms with Gasteiger partial charge >= 0.3 is 6.85 Å². The Labute approximate surface area is 520 Å². The molecule has 0 amide bonds. The van der Waals surface area contributed by atoms with E-state index in [0.717, 1.165) is 69.2 Å². The Morgan fingerprint density at radius 3 is 1.53 bits per heavy atom. The molecule has 9 aromatic carbocycles. The molecule has 5 heteroatoms. The predicted molar refractivity (Wildman–Crippen MR) is 376 cm³/mol. The van der Waals surface area contributed by atoms with E-state index in [2.05, 4.69) is 322 Å². The van der Waals surface area contributed by atoms with Crippen molar-refractivity contribution in [1.29, 1.82) is 0 Å². The zero-order chi connectivity index (χ0) is 61.9. The van der Waals surface area contributed by atoms with E-state index >= 15 is 0 Å². The second-order valence-electron chi connectivity index (χ2n) is 32.2. The fourth-order valence-corrected chi connectivity index (χ4v) is 14.3. The van der Waals surface area contributed by atoms with E-state index in [4.69, 9.17) is 4.42 Å². The van der Waals surface area contributed by atoms with Crippen LogP contribution in [0.4, 0.5) is 45.5 Å². The number of hydrogen-bond acceptors (Lipinski definition) is 4. The molecule has 0 N–H and O–H groups in total. The molecule has 3 aliphatic rings. The molecule has 0 spiro atoms. The van der Waals surface area contributed by atoms with Crippen molar-refractivity contribution in [3.8, 4) is 22.3 Å². The predicted octanol–water partition coefficient (Wildman–Crippen LogP) is 22.3. The van der Waals surface area contributed by atoms with Crippen LogP contribution < -0.4 is 25.5 Å². The summed E-state index contributed by atoms with van der Waals surface area (Å²) in [6.07, 6.45) is 2.28. The second kappa shape index (κ2) is 19.9. The molecule has 0 fully saturated rings. The van der Waals surface area contributed by atoms with Gasteiger partial charge in [0.15, 0.2) is 5.58 Å². The lowest BCUT2D eigenvalue weighted by molar-refractivity contribution is 0.332. The van der Waals surface area contributed by atoms with Gasteiger partial charge in [0.25, 0.3) is 0 Å². The van der Waals surface area contributed by atoms with Crippen molar-refractivity contribution < 1.29 is 4.42 Å². The Kier molecular flexibility index (Phi) is 13.3. The first-order valence-electron chi connectivity index (χ1n) is 32.1. The fourth-order valence-electron chi connectivity index (χ4n) is 14.3. The highest BCUT2D eigenvalue weighted by molar-refractivity contribution is 6.94. The largest absolute Gasteiger partial charge is 0.454 e. The van der Waals surface area contributed by atoms with Crippen molar-refractivity contribution in [1.82, 2.24) is 0 Å². The molecule has 2 aliphatic heterocycles. The molecule has 13 rings (SSSR count). The van der Waals surface area contributed by atoms with E-state index in [1.165, 1.54) is 83.2 Å². The lowest BCUT2D eigenvalue weighted by Crippen LogP contribution is -2.61. The maximum Gasteiger partial charge on any atom is 0.333 e. The van der Waals surface area contributed by atoms with E-state index < -0.39 is 0 Å². The quantitative estimate of drug-likeness (QED) is 0.155. The van der Waals surface area contributed by atoms with Gasteiger partial charge in [-0.25, -0.2) is 0 Å². The number of anilines is 8. The molecule has 442 valence electrons. The van der Waals surface area contributed by atoms with Crippen molar-refractivity contribution in [3.63, 3.8) is 0 Å². The first kappa shape index (κ1) is 58.3. The number of benzene rings is 9. The fraction of sp³-hybridized carbons (Fsp3) is 0.341. The van der Waals surface area contributed by atoms with Crippen molar-refractivity contribution in [2.75, 3.05) is 14.6 Å². The zero-order valence-electron chi connectivity index (χ0n) is 55.5. The molecule has 0 radical (unpaired) electrons. The highest BCUT2D eigenvalue weighted by atomic mass is 16.3. The van der Waals surface area contributed by atoms with Crippen LogP contribution in [0.3, 0.4) is 0 Å². The number of furan rings is 1. The minimum Gasteiger partial charge on any atom is -0.454 e. The second-order valence-corrected chi connectivity index (χ2v) is 32.2. The summed E-state index contributed by atoms with van der Waals surface area (Å²) in [5.41, 5.74) is 27.2. The van der Waals surface area contributed by atoms with E-state index in [9.17, 15) is 0 Å². The third kappa shape index (κ3) is 9.91. The molecule has 0 bridgehead atoms. The molecule has 3 heterocycles. The van der Waals surface area contributed by atoms with Gasteiger partial charge < -0.3 is 19.0 Å². The molecule has 0 saturated carbocycles. The summed E-state index contributed by atoms with van der Waals surface area (Å²) >= 11 is 0. The maximum atomic E-state index is 7.64. The van der Waals surface area contributed by atoms with Gasteiger partial charge in [0, 0.05) is 56.0 Å². The highest BCUT2D eigenvalue weighted by Gasteiger charge is 2.48. The van der Waals surface area contributed by atoms with Gasteiger partial charge in [-0.1, -0.05) is 216 Å². The SMILES string of the molecule is CC(C)(C)c1ccc(N2B3c4cc(N(c5cccc(C(C)(C)C)c5)c5cccc(C(C)(C)C)c5)ccc4N(c4ccc(C(C)(C)C)cc4-c4ccccc4)c4cc(C(C)(C)C)cc(c43)-c3ccc4c(oc5cc6c(cc54)C(C)(C)CCC6(C)C)c32)cc1. The summed E-state index contributed by atoms with van der Waals surface area (Å²) in [7, 11) is 0. The summed E-state index contributed by atoms with van der Waals surface area (Å²) in [6.45, 7) is 44.4. The average molecular weight is 1140 g/mol. The Hall–Kier alpha value is -7.76. The lowest BCUT2D eigenvalue weighted by Gasteiger charge is -2.47. The third-order valence-corrected chi connectivity index (χ3v) is 19.9. The smallest absolute Gasteiger partial charge is 0.333 e. The Bertz CT molecular complexity index is 4310. The van der Waals surface area contributed by atoms with Crippen molar-refractivity contribution in [2.24, 2.45) is 0 Å². The van der Waals surface area contributed by atoms with Crippen LogP contribution in [0.5, 0.6) is 0 Å². The van der Waals surface area contributed by atoms with Crippen LogP contribution in [0.25, 0.3) is 44.2 Å².